The SMILES string of the molecule is COCCNc1nnc(SCC(=O)c2cc(C)n(-c3nccs3)c2C)s1. The summed E-state index contributed by atoms with van der Waals surface area (Å²) in [6.45, 7) is 5.23. The van der Waals surface area contributed by atoms with Crippen LogP contribution in [0.1, 0.15) is 21.7 Å². The lowest BCUT2D eigenvalue weighted by Crippen LogP contribution is -2.06. The molecule has 0 amide bonds. The van der Waals surface area contributed by atoms with Crippen LogP contribution in [0, 0.1) is 13.8 Å². The molecule has 0 aliphatic rings. The first-order valence-electron chi connectivity index (χ1n) is 7.91. The number of carbonyl (C=O) groups excluding carboxylic acids is 1. The number of aromatic nitrogens is 4. The summed E-state index contributed by atoms with van der Waals surface area (Å²) in [5.74, 6) is 0.407. The van der Waals surface area contributed by atoms with Crippen LogP contribution in [-0.4, -0.2) is 51.5 Å². The van der Waals surface area contributed by atoms with Gasteiger partial charge in [0, 0.05) is 42.2 Å². The molecule has 0 aromatic carbocycles. The lowest BCUT2D eigenvalue weighted by atomic mass is 10.2. The van der Waals surface area contributed by atoms with Gasteiger partial charge in [0.15, 0.2) is 15.3 Å². The lowest BCUT2D eigenvalue weighted by molar-refractivity contribution is 0.102. The van der Waals surface area contributed by atoms with Crippen molar-refractivity contribution in [3.63, 3.8) is 0 Å². The molecule has 0 unspecified atom stereocenters. The summed E-state index contributed by atoms with van der Waals surface area (Å²) in [5, 5.41) is 14.9. The Morgan fingerprint density at radius 2 is 2.23 bits per heavy atom. The molecule has 3 rings (SSSR count). The van der Waals surface area contributed by atoms with Gasteiger partial charge in [0.2, 0.25) is 5.13 Å². The maximum Gasteiger partial charge on any atom is 0.206 e. The quantitative estimate of drug-likeness (QED) is 0.329. The molecule has 3 aromatic rings. The van der Waals surface area contributed by atoms with E-state index in [1.165, 1.54) is 23.1 Å². The Kier molecular flexibility index (Phi) is 6.41. The number of hydrogen-bond donors (Lipinski definition) is 1. The first-order valence-corrected chi connectivity index (χ1v) is 10.6. The fourth-order valence-corrected chi connectivity index (χ4v) is 4.88. The molecule has 1 N–H and O–H groups in total. The molecular formula is C16H19N5O2S3. The molecule has 138 valence electrons. The van der Waals surface area contributed by atoms with E-state index in [1.54, 1.807) is 24.6 Å². The highest BCUT2D eigenvalue weighted by Crippen LogP contribution is 2.28. The molecule has 3 heterocycles. The number of carbonyl (C=O) groups is 1. The minimum atomic E-state index is 0.0787. The Morgan fingerprint density at radius 1 is 1.38 bits per heavy atom. The third-order valence-corrected chi connectivity index (χ3v) is 6.43. The molecule has 3 aromatic heterocycles. The predicted octanol–water partition coefficient (Wildman–Crippen LogP) is 3.44. The van der Waals surface area contributed by atoms with E-state index < -0.39 is 0 Å². The molecule has 0 fully saturated rings. The van der Waals surface area contributed by atoms with E-state index in [2.05, 4.69) is 20.5 Å². The summed E-state index contributed by atoms with van der Waals surface area (Å²) in [5.41, 5.74) is 2.65. The van der Waals surface area contributed by atoms with Gasteiger partial charge in [-0.3, -0.25) is 9.36 Å². The largest absolute Gasteiger partial charge is 0.383 e. The fourth-order valence-electron chi connectivity index (χ4n) is 2.47. The number of ether oxygens (including phenoxy) is 1. The van der Waals surface area contributed by atoms with E-state index >= 15 is 0 Å². The smallest absolute Gasteiger partial charge is 0.206 e. The van der Waals surface area contributed by atoms with Crippen molar-refractivity contribution in [1.29, 1.82) is 0 Å². The van der Waals surface area contributed by atoms with E-state index in [9.17, 15) is 4.79 Å². The van der Waals surface area contributed by atoms with Gasteiger partial charge in [0.1, 0.15) is 0 Å². The predicted molar refractivity (Wildman–Crippen MR) is 106 cm³/mol. The Hall–Kier alpha value is -1.75. The zero-order valence-corrected chi connectivity index (χ0v) is 17.1. The van der Waals surface area contributed by atoms with E-state index in [1.807, 2.05) is 29.9 Å². The van der Waals surface area contributed by atoms with Crippen molar-refractivity contribution < 1.29 is 9.53 Å². The molecular weight excluding hydrogens is 390 g/mol. The van der Waals surface area contributed by atoms with Gasteiger partial charge >= 0.3 is 0 Å². The molecule has 26 heavy (non-hydrogen) atoms. The van der Waals surface area contributed by atoms with Crippen molar-refractivity contribution in [2.45, 2.75) is 18.2 Å². The van der Waals surface area contributed by atoms with Crippen molar-refractivity contribution in [1.82, 2.24) is 19.7 Å². The summed E-state index contributed by atoms with van der Waals surface area (Å²) in [7, 11) is 1.65. The van der Waals surface area contributed by atoms with E-state index in [4.69, 9.17) is 4.74 Å². The number of nitrogens with one attached hydrogen (secondary N) is 1. The van der Waals surface area contributed by atoms with Crippen molar-refractivity contribution in [2.75, 3.05) is 31.3 Å². The van der Waals surface area contributed by atoms with Gasteiger partial charge in [-0.05, 0) is 19.9 Å². The second kappa shape index (κ2) is 8.76. The van der Waals surface area contributed by atoms with Crippen LogP contribution >= 0.6 is 34.4 Å². The zero-order chi connectivity index (χ0) is 18.5. The van der Waals surface area contributed by atoms with Crippen molar-refractivity contribution in [3.05, 3.63) is 34.6 Å². The fraction of sp³-hybridized carbons (Fsp3) is 0.375. The molecule has 0 radical (unpaired) electrons. The molecule has 10 heteroatoms. The van der Waals surface area contributed by atoms with E-state index in [0.29, 0.717) is 18.9 Å². The van der Waals surface area contributed by atoms with Gasteiger partial charge in [-0.15, -0.1) is 21.5 Å². The van der Waals surface area contributed by atoms with Crippen LogP contribution in [0.2, 0.25) is 0 Å². The highest BCUT2D eigenvalue weighted by molar-refractivity contribution is 8.01. The van der Waals surface area contributed by atoms with Crippen LogP contribution in [0.4, 0.5) is 5.13 Å². The van der Waals surface area contributed by atoms with Crippen LogP contribution < -0.4 is 5.32 Å². The summed E-state index contributed by atoms with van der Waals surface area (Å²) in [6.07, 6.45) is 1.77. The van der Waals surface area contributed by atoms with Gasteiger partial charge in [0.05, 0.1) is 12.4 Å². The number of nitrogens with zero attached hydrogens (tertiary/aromatic N) is 4. The van der Waals surface area contributed by atoms with E-state index in [0.717, 1.165) is 31.6 Å². The summed E-state index contributed by atoms with van der Waals surface area (Å²) in [6, 6.07) is 1.93. The minimum Gasteiger partial charge on any atom is -0.383 e. The van der Waals surface area contributed by atoms with Crippen LogP contribution in [-0.2, 0) is 4.74 Å². The van der Waals surface area contributed by atoms with Crippen LogP contribution in [0.3, 0.4) is 0 Å². The van der Waals surface area contributed by atoms with Crippen LogP contribution in [0.5, 0.6) is 0 Å². The number of aryl methyl sites for hydroxylation is 1. The van der Waals surface area contributed by atoms with Gasteiger partial charge in [-0.25, -0.2) is 4.98 Å². The minimum absolute atomic E-state index is 0.0787. The second-order valence-electron chi connectivity index (χ2n) is 5.44. The molecule has 0 bridgehead atoms. The Labute approximate surface area is 163 Å². The molecule has 0 spiro atoms. The summed E-state index contributed by atoms with van der Waals surface area (Å²) < 4.78 is 7.78. The average molecular weight is 410 g/mol. The molecule has 0 saturated carbocycles. The normalized spacial score (nSPS) is 11.0. The molecule has 0 atom stereocenters. The lowest BCUT2D eigenvalue weighted by Gasteiger charge is -2.05. The Morgan fingerprint density at radius 3 is 2.96 bits per heavy atom. The number of Topliss-reactive ketones (excluding diaryl/α,β-unsaturated/α-hetero) is 1. The zero-order valence-electron chi connectivity index (χ0n) is 14.7. The molecule has 7 nitrogen and oxygen atoms in total. The maximum absolute atomic E-state index is 12.7. The first-order chi connectivity index (χ1) is 12.6. The third kappa shape index (κ3) is 4.32. The maximum atomic E-state index is 12.7. The average Bonchev–Trinajstić information content (AvgIpc) is 3.34. The molecule has 0 aliphatic carbocycles. The number of thioether (sulfide) groups is 1. The van der Waals surface area contributed by atoms with Crippen molar-refractivity contribution in [2.24, 2.45) is 0 Å². The number of thiazole rings is 1. The van der Waals surface area contributed by atoms with E-state index in [-0.39, 0.29) is 5.78 Å². The summed E-state index contributed by atoms with van der Waals surface area (Å²) >= 11 is 4.40. The standard InChI is InChI=1S/C16H19N5O2S3/c1-10-8-12(11(2)21(10)15-18-5-7-24-15)13(22)9-25-16-20-19-14(26-16)17-4-6-23-3/h5,7-8H,4,6,9H2,1-3H3,(H,17,19). The highest BCUT2D eigenvalue weighted by atomic mass is 32.2. The van der Waals surface area contributed by atoms with Crippen molar-refractivity contribution >= 4 is 45.4 Å². The van der Waals surface area contributed by atoms with Crippen LogP contribution in [0.15, 0.2) is 22.0 Å². The Balaban J connectivity index is 1.63. The number of hydrogen-bond acceptors (Lipinski definition) is 9. The monoisotopic (exact) mass is 409 g/mol. The first kappa shape index (κ1) is 19.0. The number of methoxy groups -OCH3 is 1. The second-order valence-corrected chi connectivity index (χ2v) is 8.51. The Bertz CT molecular complexity index is 873. The van der Waals surface area contributed by atoms with Crippen LogP contribution in [0.25, 0.3) is 5.13 Å². The number of anilines is 1. The van der Waals surface area contributed by atoms with Gasteiger partial charge < -0.3 is 10.1 Å². The van der Waals surface area contributed by atoms with Gasteiger partial charge in [-0.2, -0.15) is 0 Å². The summed E-state index contributed by atoms with van der Waals surface area (Å²) in [4.78, 5) is 17.0. The molecule has 0 saturated heterocycles. The van der Waals surface area contributed by atoms with Gasteiger partial charge in [-0.1, -0.05) is 23.1 Å². The third-order valence-electron chi connectivity index (χ3n) is 3.66. The van der Waals surface area contributed by atoms with Crippen molar-refractivity contribution in [3.8, 4) is 5.13 Å². The highest BCUT2D eigenvalue weighted by Gasteiger charge is 2.18. The number of rotatable bonds is 9. The number of ketones is 1. The molecule has 0 aliphatic heterocycles. The topological polar surface area (TPSA) is 81.9 Å². The van der Waals surface area contributed by atoms with Gasteiger partial charge in [0.25, 0.3) is 0 Å².